The molecule has 7 heteroatoms. The molecule has 0 aliphatic heterocycles. The summed E-state index contributed by atoms with van der Waals surface area (Å²) in [6.07, 6.45) is 3.37. The number of nitrogens with zero attached hydrogens (tertiary/aromatic N) is 2. The minimum absolute atomic E-state index is 0.0762. The van der Waals surface area contributed by atoms with Crippen molar-refractivity contribution < 1.29 is 13.2 Å². The highest BCUT2D eigenvalue weighted by Gasteiger charge is 2.19. The van der Waals surface area contributed by atoms with Gasteiger partial charge in [-0.25, -0.2) is 12.7 Å². The van der Waals surface area contributed by atoms with E-state index in [4.69, 9.17) is 0 Å². The van der Waals surface area contributed by atoms with Crippen molar-refractivity contribution in [2.24, 2.45) is 0 Å². The molecule has 0 saturated carbocycles. The number of rotatable bonds is 4. The molecule has 1 N–H and O–H groups in total. The number of carbonyl (C=O) groups excluding carboxylic acids is 1. The van der Waals surface area contributed by atoms with E-state index in [1.165, 1.54) is 26.2 Å². The van der Waals surface area contributed by atoms with Crippen LogP contribution in [0.3, 0.4) is 0 Å². The quantitative estimate of drug-likeness (QED) is 0.780. The van der Waals surface area contributed by atoms with E-state index >= 15 is 0 Å². The first-order valence-electron chi connectivity index (χ1n) is 7.56. The van der Waals surface area contributed by atoms with Gasteiger partial charge in [0.2, 0.25) is 10.0 Å². The van der Waals surface area contributed by atoms with Crippen molar-refractivity contribution in [1.29, 1.82) is 0 Å². The first-order valence-corrected chi connectivity index (χ1v) is 9.00. The summed E-state index contributed by atoms with van der Waals surface area (Å²) in [5, 5.41) is 4.60. The van der Waals surface area contributed by atoms with Gasteiger partial charge in [-0.3, -0.25) is 9.78 Å². The molecule has 0 fully saturated rings. The second-order valence-electron chi connectivity index (χ2n) is 5.67. The fourth-order valence-corrected chi connectivity index (χ4v) is 3.38. The second kappa shape index (κ2) is 6.62. The third-order valence-electron chi connectivity index (χ3n) is 3.80. The number of carbonyl (C=O) groups is 1. The fraction of sp³-hybridized carbons (Fsp3) is 0.111. The second-order valence-corrected chi connectivity index (χ2v) is 7.82. The topological polar surface area (TPSA) is 79.4 Å². The Balaban J connectivity index is 1.94. The number of hydrogen-bond acceptors (Lipinski definition) is 4. The van der Waals surface area contributed by atoms with Crippen molar-refractivity contribution in [1.82, 2.24) is 9.29 Å². The Hall–Kier alpha value is -2.77. The zero-order valence-electron chi connectivity index (χ0n) is 13.8. The largest absolute Gasteiger partial charge is 0.321 e. The van der Waals surface area contributed by atoms with Gasteiger partial charge in [0.15, 0.2) is 0 Å². The third kappa shape index (κ3) is 3.38. The molecule has 0 aliphatic carbocycles. The van der Waals surface area contributed by atoms with Crippen molar-refractivity contribution >= 4 is 32.4 Å². The van der Waals surface area contributed by atoms with Gasteiger partial charge in [0.25, 0.3) is 5.91 Å². The van der Waals surface area contributed by atoms with Crippen LogP contribution in [0, 0.1) is 0 Å². The lowest BCUT2D eigenvalue weighted by molar-refractivity contribution is 0.102. The molecule has 0 saturated heterocycles. The SMILES string of the molecule is CN(C)S(=O)(=O)c1cccc(C(=O)Nc2cccc3cnccc23)c1. The Morgan fingerprint density at radius 3 is 2.60 bits per heavy atom. The maximum Gasteiger partial charge on any atom is 0.255 e. The minimum Gasteiger partial charge on any atom is -0.321 e. The van der Waals surface area contributed by atoms with Gasteiger partial charge >= 0.3 is 0 Å². The van der Waals surface area contributed by atoms with E-state index in [2.05, 4.69) is 10.3 Å². The number of aromatic nitrogens is 1. The van der Waals surface area contributed by atoms with Crippen molar-refractivity contribution in [3.8, 4) is 0 Å². The molecular formula is C18H17N3O3S. The molecule has 1 aromatic heterocycles. The number of benzene rings is 2. The Kier molecular flexibility index (Phi) is 4.52. The van der Waals surface area contributed by atoms with Crippen molar-refractivity contribution in [2.75, 3.05) is 19.4 Å². The lowest BCUT2D eigenvalue weighted by atomic mass is 10.1. The molecule has 3 rings (SSSR count). The summed E-state index contributed by atoms with van der Waals surface area (Å²) in [6, 6.07) is 13.3. The number of nitrogens with one attached hydrogen (secondary N) is 1. The molecule has 1 heterocycles. The number of pyridine rings is 1. The number of amides is 1. The maximum atomic E-state index is 12.6. The third-order valence-corrected chi connectivity index (χ3v) is 5.61. The summed E-state index contributed by atoms with van der Waals surface area (Å²) < 4.78 is 25.6. The van der Waals surface area contributed by atoms with Crippen molar-refractivity contribution in [3.63, 3.8) is 0 Å². The summed E-state index contributed by atoms with van der Waals surface area (Å²) in [4.78, 5) is 16.7. The Labute approximate surface area is 146 Å². The lowest BCUT2D eigenvalue weighted by Gasteiger charge is -2.13. The smallest absolute Gasteiger partial charge is 0.255 e. The summed E-state index contributed by atoms with van der Waals surface area (Å²) >= 11 is 0. The number of sulfonamides is 1. The van der Waals surface area contributed by atoms with E-state index in [0.29, 0.717) is 5.69 Å². The fourth-order valence-electron chi connectivity index (χ4n) is 2.43. The van der Waals surface area contributed by atoms with Crippen LogP contribution < -0.4 is 5.32 Å². The number of hydrogen-bond donors (Lipinski definition) is 1. The van der Waals surface area contributed by atoms with Crippen LogP contribution in [0.15, 0.2) is 65.8 Å². The van der Waals surface area contributed by atoms with E-state index in [1.54, 1.807) is 30.6 Å². The standard InChI is InChI=1S/C18H17N3O3S/c1-21(2)25(23,24)15-7-3-5-13(11-15)18(22)20-17-8-4-6-14-12-19-10-9-16(14)17/h3-12H,1-2H3,(H,20,22). The molecule has 0 atom stereocenters. The van der Waals surface area contributed by atoms with Gasteiger partial charge in [0.05, 0.1) is 4.90 Å². The van der Waals surface area contributed by atoms with Crippen LogP contribution in [-0.2, 0) is 10.0 Å². The van der Waals surface area contributed by atoms with Gasteiger partial charge in [0, 0.05) is 48.5 Å². The van der Waals surface area contributed by atoms with E-state index in [0.717, 1.165) is 15.1 Å². The molecule has 1 amide bonds. The summed E-state index contributed by atoms with van der Waals surface area (Å²) in [5.74, 6) is -0.375. The van der Waals surface area contributed by atoms with Crippen LogP contribution in [-0.4, -0.2) is 37.7 Å². The minimum atomic E-state index is -3.60. The van der Waals surface area contributed by atoms with Gasteiger partial charge in [-0.15, -0.1) is 0 Å². The van der Waals surface area contributed by atoms with Gasteiger partial charge in [0.1, 0.15) is 0 Å². The summed E-state index contributed by atoms with van der Waals surface area (Å²) in [6.45, 7) is 0. The molecule has 0 spiro atoms. The molecule has 0 unspecified atom stereocenters. The first kappa shape index (κ1) is 17.1. The van der Waals surface area contributed by atoms with Crippen molar-refractivity contribution in [3.05, 3.63) is 66.5 Å². The average molecular weight is 355 g/mol. The van der Waals surface area contributed by atoms with Gasteiger partial charge in [-0.05, 0) is 30.3 Å². The molecule has 3 aromatic rings. The summed E-state index contributed by atoms with van der Waals surface area (Å²) in [5.41, 5.74) is 0.916. The lowest BCUT2D eigenvalue weighted by Crippen LogP contribution is -2.22. The zero-order valence-corrected chi connectivity index (χ0v) is 14.6. The molecule has 6 nitrogen and oxygen atoms in total. The van der Waals surface area contributed by atoms with Crippen LogP contribution in [0.5, 0.6) is 0 Å². The highest BCUT2D eigenvalue weighted by Crippen LogP contribution is 2.23. The van der Waals surface area contributed by atoms with Crippen LogP contribution >= 0.6 is 0 Å². The van der Waals surface area contributed by atoms with E-state index in [-0.39, 0.29) is 16.4 Å². The number of anilines is 1. The van der Waals surface area contributed by atoms with Crippen LogP contribution in [0.1, 0.15) is 10.4 Å². The maximum absolute atomic E-state index is 12.6. The molecule has 128 valence electrons. The van der Waals surface area contributed by atoms with Crippen LogP contribution in [0.2, 0.25) is 0 Å². The zero-order chi connectivity index (χ0) is 18.0. The molecule has 0 bridgehead atoms. The summed E-state index contributed by atoms with van der Waals surface area (Å²) in [7, 11) is -0.694. The van der Waals surface area contributed by atoms with E-state index in [1.807, 2.05) is 18.2 Å². The van der Waals surface area contributed by atoms with Gasteiger partial charge in [-0.1, -0.05) is 18.2 Å². The van der Waals surface area contributed by atoms with Crippen LogP contribution in [0.25, 0.3) is 10.8 Å². The Morgan fingerprint density at radius 2 is 1.84 bits per heavy atom. The normalized spacial score (nSPS) is 11.6. The molecular weight excluding hydrogens is 338 g/mol. The first-order chi connectivity index (χ1) is 11.9. The van der Waals surface area contributed by atoms with Gasteiger partial charge < -0.3 is 5.32 Å². The highest BCUT2D eigenvalue weighted by molar-refractivity contribution is 7.89. The predicted molar refractivity (Wildman–Crippen MR) is 97.0 cm³/mol. The van der Waals surface area contributed by atoms with Crippen LogP contribution in [0.4, 0.5) is 5.69 Å². The van der Waals surface area contributed by atoms with Gasteiger partial charge in [-0.2, -0.15) is 0 Å². The average Bonchev–Trinajstić information content (AvgIpc) is 2.62. The molecule has 2 aromatic carbocycles. The molecule has 25 heavy (non-hydrogen) atoms. The van der Waals surface area contributed by atoms with E-state index < -0.39 is 10.0 Å². The Bertz CT molecular complexity index is 1040. The molecule has 0 radical (unpaired) electrons. The van der Waals surface area contributed by atoms with Crippen molar-refractivity contribution in [2.45, 2.75) is 4.90 Å². The predicted octanol–water partition coefficient (Wildman–Crippen LogP) is 2.74. The Morgan fingerprint density at radius 1 is 1.08 bits per heavy atom. The highest BCUT2D eigenvalue weighted by atomic mass is 32.2. The van der Waals surface area contributed by atoms with E-state index in [9.17, 15) is 13.2 Å². The number of fused-ring (bicyclic) bond motifs is 1. The monoisotopic (exact) mass is 355 g/mol. The molecule has 0 aliphatic rings.